The lowest BCUT2D eigenvalue weighted by Crippen LogP contribution is -2.39. The quantitative estimate of drug-likeness (QED) is 0.190. The van der Waals surface area contributed by atoms with Gasteiger partial charge in [0.25, 0.3) is 15.9 Å². The van der Waals surface area contributed by atoms with Crippen molar-refractivity contribution in [1.29, 1.82) is 0 Å². The van der Waals surface area contributed by atoms with Gasteiger partial charge in [0.1, 0.15) is 6.54 Å². The summed E-state index contributed by atoms with van der Waals surface area (Å²) in [6, 6.07) is 24.7. The fourth-order valence-electron chi connectivity index (χ4n) is 3.91. The van der Waals surface area contributed by atoms with Crippen LogP contribution in [0.1, 0.15) is 17.0 Å². The Hall–Kier alpha value is -3.21. The molecule has 0 spiro atoms. The largest absolute Gasteiger partial charge is 0.318 e. The molecule has 0 atom stereocenters. The molecule has 0 saturated carbocycles. The molecule has 4 aromatic rings. The molecule has 1 N–H and O–H groups in total. The maximum atomic E-state index is 13.4. The average Bonchev–Trinajstić information content (AvgIpc) is 3.16. The van der Waals surface area contributed by atoms with Crippen molar-refractivity contribution in [1.82, 2.24) is 9.99 Å². The average molecular weight is 644 g/mol. The molecule has 1 heterocycles. The van der Waals surface area contributed by atoms with E-state index in [2.05, 4.69) is 47.0 Å². The molecule has 1 aromatic heterocycles. The summed E-state index contributed by atoms with van der Waals surface area (Å²) >= 11 is 6.86. The third kappa shape index (κ3) is 6.20. The third-order valence-electron chi connectivity index (χ3n) is 5.66. The molecule has 0 aliphatic carbocycles. The lowest BCUT2D eigenvalue weighted by Gasteiger charge is -2.23. The van der Waals surface area contributed by atoms with E-state index in [1.165, 1.54) is 12.1 Å². The van der Waals surface area contributed by atoms with Crippen molar-refractivity contribution in [2.24, 2.45) is 5.10 Å². The summed E-state index contributed by atoms with van der Waals surface area (Å²) < 4.78 is 31.7. The molecule has 0 radical (unpaired) electrons. The molecule has 7 nitrogen and oxygen atoms in total. The van der Waals surface area contributed by atoms with Crippen LogP contribution in [0.25, 0.3) is 5.69 Å². The molecule has 190 valence electrons. The van der Waals surface area contributed by atoms with Gasteiger partial charge in [0.05, 0.1) is 16.8 Å². The highest BCUT2D eigenvalue weighted by Crippen LogP contribution is 2.25. The number of anilines is 1. The minimum absolute atomic E-state index is 0.0919. The van der Waals surface area contributed by atoms with Crippen LogP contribution >= 0.6 is 31.9 Å². The summed E-state index contributed by atoms with van der Waals surface area (Å²) in [6.45, 7) is 3.53. The Morgan fingerprint density at radius 2 is 1.65 bits per heavy atom. The van der Waals surface area contributed by atoms with E-state index in [0.29, 0.717) is 5.69 Å². The van der Waals surface area contributed by atoms with Gasteiger partial charge in [-0.05, 0) is 74.5 Å². The van der Waals surface area contributed by atoms with Crippen molar-refractivity contribution in [3.8, 4) is 5.69 Å². The molecule has 37 heavy (non-hydrogen) atoms. The molecule has 0 bridgehead atoms. The van der Waals surface area contributed by atoms with Crippen LogP contribution in [-0.2, 0) is 14.8 Å². The zero-order valence-corrected chi connectivity index (χ0v) is 24.1. The summed E-state index contributed by atoms with van der Waals surface area (Å²) in [5.74, 6) is -0.570. The van der Waals surface area contributed by atoms with E-state index in [1.807, 2.05) is 44.2 Å². The van der Waals surface area contributed by atoms with Gasteiger partial charge in [0.15, 0.2) is 0 Å². The van der Waals surface area contributed by atoms with Crippen molar-refractivity contribution in [3.63, 3.8) is 0 Å². The van der Waals surface area contributed by atoms with Gasteiger partial charge in [0.2, 0.25) is 0 Å². The number of aryl methyl sites for hydroxylation is 1. The first kappa shape index (κ1) is 26.8. The van der Waals surface area contributed by atoms with Gasteiger partial charge in [-0.25, -0.2) is 13.8 Å². The van der Waals surface area contributed by atoms with E-state index in [9.17, 15) is 13.2 Å². The van der Waals surface area contributed by atoms with Gasteiger partial charge in [-0.1, -0.05) is 56.1 Å². The van der Waals surface area contributed by atoms with Crippen LogP contribution in [0.15, 0.2) is 104 Å². The van der Waals surface area contributed by atoms with Crippen LogP contribution in [0.2, 0.25) is 0 Å². The van der Waals surface area contributed by atoms with E-state index in [4.69, 9.17) is 0 Å². The number of halogens is 2. The predicted octanol–water partition coefficient (Wildman–Crippen LogP) is 5.96. The smallest absolute Gasteiger partial charge is 0.264 e. The fourth-order valence-corrected chi connectivity index (χ4v) is 6.01. The van der Waals surface area contributed by atoms with Gasteiger partial charge < -0.3 is 4.57 Å². The molecule has 4 rings (SSSR count). The van der Waals surface area contributed by atoms with Crippen LogP contribution in [-0.4, -0.2) is 31.7 Å². The number of benzene rings is 3. The Balaban J connectivity index is 1.54. The van der Waals surface area contributed by atoms with Crippen LogP contribution in [0.3, 0.4) is 0 Å². The second kappa shape index (κ2) is 11.5. The van der Waals surface area contributed by atoms with Crippen molar-refractivity contribution in [2.45, 2.75) is 18.7 Å². The molecule has 0 unspecified atom stereocenters. The zero-order valence-electron chi connectivity index (χ0n) is 20.1. The zero-order chi connectivity index (χ0) is 26.6. The molecule has 1 amide bonds. The maximum absolute atomic E-state index is 13.4. The molecular formula is C27H24Br2N4O3S. The molecule has 0 aliphatic rings. The lowest BCUT2D eigenvalue weighted by atomic mass is 10.2. The monoisotopic (exact) mass is 642 g/mol. The minimum atomic E-state index is -3.98. The Morgan fingerprint density at radius 1 is 0.946 bits per heavy atom. The number of carbonyl (C=O) groups is 1. The Bertz CT molecular complexity index is 1550. The number of hydrazone groups is 1. The number of hydrogen-bond donors (Lipinski definition) is 1. The van der Waals surface area contributed by atoms with E-state index in [-0.39, 0.29) is 4.90 Å². The van der Waals surface area contributed by atoms with Crippen molar-refractivity contribution in [2.75, 3.05) is 10.8 Å². The highest BCUT2D eigenvalue weighted by molar-refractivity contribution is 9.10. The predicted molar refractivity (Wildman–Crippen MR) is 154 cm³/mol. The number of nitrogens with one attached hydrogen (secondary N) is 1. The van der Waals surface area contributed by atoms with Crippen molar-refractivity contribution >= 4 is 59.7 Å². The van der Waals surface area contributed by atoms with E-state index in [1.54, 1.807) is 48.7 Å². The van der Waals surface area contributed by atoms with Gasteiger partial charge in [-0.3, -0.25) is 9.10 Å². The SMILES string of the molecule is Cc1cc(/C=N\NC(=O)CN(c2ccc(Br)cc2)S(=O)(=O)c2ccccc2)c(C)n1-c1cccc(Br)c1. The Morgan fingerprint density at radius 3 is 2.32 bits per heavy atom. The summed E-state index contributed by atoms with van der Waals surface area (Å²) in [5.41, 5.74) is 6.64. The fraction of sp³-hybridized carbons (Fsp3) is 0.111. The van der Waals surface area contributed by atoms with Crippen LogP contribution < -0.4 is 9.73 Å². The standard InChI is InChI=1S/C27H24Br2N4O3S/c1-19-15-21(20(2)33(19)25-8-6-7-23(29)16-25)17-30-31-27(34)18-32(24-13-11-22(28)12-14-24)37(35,36)26-9-4-3-5-10-26/h3-17H,18H2,1-2H3,(H,31,34)/b30-17-. The first-order valence-corrected chi connectivity index (χ1v) is 14.3. The summed E-state index contributed by atoms with van der Waals surface area (Å²) in [4.78, 5) is 12.9. The van der Waals surface area contributed by atoms with E-state index >= 15 is 0 Å². The Labute approximate surface area is 233 Å². The van der Waals surface area contributed by atoms with Gasteiger partial charge in [-0.2, -0.15) is 5.10 Å². The highest BCUT2D eigenvalue weighted by Gasteiger charge is 2.27. The summed E-state index contributed by atoms with van der Waals surface area (Å²) in [7, 11) is -3.98. The first-order valence-electron chi connectivity index (χ1n) is 11.3. The number of sulfonamides is 1. The van der Waals surface area contributed by atoms with Crippen molar-refractivity contribution < 1.29 is 13.2 Å². The van der Waals surface area contributed by atoms with Crippen molar-refractivity contribution in [3.05, 3.63) is 111 Å². The Kier molecular flexibility index (Phi) is 8.31. The second-order valence-electron chi connectivity index (χ2n) is 8.24. The van der Waals surface area contributed by atoms with E-state index in [0.717, 1.165) is 35.9 Å². The van der Waals surface area contributed by atoms with Crippen LogP contribution in [0, 0.1) is 13.8 Å². The number of aromatic nitrogens is 1. The van der Waals surface area contributed by atoms with Gasteiger partial charge >= 0.3 is 0 Å². The third-order valence-corrected chi connectivity index (χ3v) is 8.47. The van der Waals surface area contributed by atoms with Gasteiger partial charge in [0, 0.05) is 31.6 Å². The van der Waals surface area contributed by atoms with Crippen LogP contribution in [0.4, 0.5) is 5.69 Å². The molecule has 10 heteroatoms. The number of nitrogens with zero attached hydrogens (tertiary/aromatic N) is 3. The number of rotatable bonds is 8. The van der Waals surface area contributed by atoms with Crippen LogP contribution in [0.5, 0.6) is 0 Å². The number of carbonyl (C=O) groups excluding carboxylic acids is 1. The lowest BCUT2D eigenvalue weighted by molar-refractivity contribution is -0.119. The minimum Gasteiger partial charge on any atom is -0.318 e. The molecule has 0 fully saturated rings. The molecule has 0 aliphatic heterocycles. The normalized spacial score (nSPS) is 11.6. The number of hydrogen-bond acceptors (Lipinski definition) is 4. The molecular weight excluding hydrogens is 620 g/mol. The first-order chi connectivity index (χ1) is 17.7. The van der Waals surface area contributed by atoms with E-state index < -0.39 is 22.5 Å². The number of amides is 1. The summed E-state index contributed by atoms with van der Waals surface area (Å²) in [6.07, 6.45) is 1.56. The second-order valence-corrected chi connectivity index (χ2v) is 11.9. The topological polar surface area (TPSA) is 83.8 Å². The molecule has 0 saturated heterocycles. The van der Waals surface area contributed by atoms with Gasteiger partial charge in [-0.15, -0.1) is 0 Å². The molecule has 3 aromatic carbocycles. The highest BCUT2D eigenvalue weighted by atomic mass is 79.9. The maximum Gasteiger partial charge on any atom is 0.264 e. The summed E-state index contributed by atoms with van der Waals surface area (Å²) in [5, 5.41) is 4.11.